The fourth-order valence-corrected chi connectivity index (χ4v) is 1.62. The zero-order valence-electron chi connectivity index (χ0n) is 9.27. The van der Waals surface area contributed by atoms with E-state index in [2.05, 4.69) is 4.98 Å². The number of aromatic amines is 1. The molecular weight excluding hydrogens is 231 g/mol. The number of aromatic nitrogens is 1. The van der Waals surface area contributed by atoms with Crippen molar-refractivity contribution in [1.29, 1.82) is 0 Å². The highest BCUT2D eigenvalue weighted by atomic mass is 19.2. The fraction of sp³-hybridized carbons (Fsp3) is 0.250. The molecule has 0 aliphatic rings. The van der Waals surface area contributed by atoms with Gasteiger partial charge >= 0.3 is 0 Å². The Morgan fingerprint density at radius 3 is 2.35 bits per heavy atom. The van der Waals surface area contributed by atoms with Gasteiger partial charge in [0.2, 0.25) is 0 Å². The van der Waals surface area contributed by atoms with Crippen molar-refractivity contribution in [2.75, 3.05) is 0 Å². The molecule has 0 aliphatic carbocycles. The summed E-state index contributed by atoms with van der Waals surface area (Å²) in [5, 5.41) is -0.189. The van der Waals surface area contributed by atoms with Gasteiger partial charge in [0, 0.05) is 11.8 Å². The molecule has 2 nitrogen and oxygen atoms in total. The lowest BCUT2D eigenvalue weighted by molar-refractivity contribution is 0.452. The maximum atomic E-state index is 13.5. The maximum absolute atomic E-state index is 13.5. The van der Waals surface area contributed by atoms with Crippen LogP contribution in [0.3, 0.4) is 0 Å². The minimum Gasteiger partial charge on any atom is -0.355 e. The first-order chi connectivity index (χ1) is 7.91. The minimum atomic E-state index is -1.57. The Balaban J connectivity index is 2.93. The van der Waals surface area contributed by atoms with Crippen LogP contribution in [0.4, 0.5) is 13.2 Å². The Bertz CT molecular complexity index is 646. The quantitative estimate of drug-likeness (QED) is 0.765. The summed E-state index contributed by atoms with van der Waals surface area (Å²) in [4.78, 5) is 14.3. The summed E-state index contributed by atoms with van der Waals surface area (Å²) in [5.41, 5.74) is -0.340. The Morgan fingerprint density at radius 1 is 1.12 bits per heavy atom. The Hall–Kier alpha value is -1.78. The average molecular weight is 241 g/mol. The van der Waals surface area contributed by atoms with Gasteiger partial charge in [0.25, 0.3) is 0 Å². The molecule has 1 heterocycles. The topological polar surface area (TPSA) is 32.9 Å². The molecule has 0 saturated carbocycles. The third kappa shape index (κ3) is 1.81. The number of hydrogen-bond acceptors (Lipinski definition) is 1. The van der Waals surface area contributed by atoms with Gasteiger partial charge in [-0.3, -0.25) is 4.79 Å². The van der Waals surface area contributed by atoms with Gasteiger partial charge in [-0.1, -0.05) is 13.8 Å². The van der Waals surface area contributed by atoms with Crippen LogP contribution in [-0.4, -0.2) is 4.98 Å². The number of rotatable bonds is 1. The van der Waals surface area contributed by atoms with Crippen LogP contribution in [0.5, 0.6) is 0 Å². The molecule has 90 valence electrons. The van der Waals surface area contributed by atoms with Crippen LogP contribution in [0, 0.1) is 17.5 Å². The first-order valence-electron chi connectivity index (χ1n) is 5.12. The van der Waals surface area contributed by atoms with E-state index in [1.807, 2.05) is 0 Å². The van der Waals surface area contributed by atoms with E-state index in [9.17, 15) is 18.0 Å². The second-order valence-corrected chi connectivity index (χ2v) is 4.15. The molecule has 0 fully saturated rings. The molecule has 2 rings (SSSR count). The molecule has 17 heavy (non-hydrogen) atoms. The molecule has 0 radical (unpaired) electrons. The van der Waals surface area contributed by atoms with E-state index in [0.29, 0.717) is 11.8 Å². The predicted octanol–water partition coefficient (Wildman–Crippen LogP) is 3.07. The zero-order chi connectivity index (χ0) is 12.7. The summed E-state index contributed by atoms with van der Waals surface area (Å²) in [5.74, 6) is -4.34. The van der Waals surface area contributed by atoms with E-state index >= 15 is 0 Å². The summed E-state index contributed by atoms with van der Waals surface area (Å²) < 4.78 is 39.5. The monoisotopic (exact) mass is 241 g/mol. The number of halogens is 3. The normalized spacial score (nSPS) is 11.4. The highest BCUT2D eigenvalue weighted by Crippen LogP contribution is 2.21. The first kappa shape index (κ1) is 11.7. The number of H-pyrrole nitrogens is 1. The van der Waals surface area contributed by atoms with Gasteiger partial charge in [0.1, 0.15) is 0 Å². The van der Waals surface area contributed by atoms with Crippen molar-refractivity contribution in [3.63, 3.8) is 0 Å². The van der Waals surface area contributed by atoms with Crippen LogP contribution in [0.25, 0.3) is 10.9 Å². The molecule has 0 saturated heterocycles. The van der Waals surface area contributed by atoms with Crippen molar-refractivity contribution in [2.45, 2.75) is 19.8 Å². The van der Waals surface area contributed by atoms with Crippen molar-refractivity contribution in [2.24, 2.45) is 0 Å². The summed E-state index contributed by atoms with van der Waals surface area (Å²) in [6, 6.07) is 1.97. The van der Waals surface area contributed by atoms with Crippen LogP contribution >= 0.6 is 0 Å². The molecule has 2 aromatic rings. The number of pyridine rings is 1. The number of hydrogen-bond donors (Lipinski definition) is 1. The predicted molar refractivity (Wildman–Crippen MR) is 58.5 cm³/mol. The summed E-state index contributed by atoms with van der Waals surface area (Å²) in [6.45, 7) is 3.60. The van der Waals surface area contributed by atoms with Gasteiger partial charge in [-0.05, 0) is 12.0 Å². The van der Waals surface area contributed by atoms with Gasteiger partial charge in [-0.15, -0.1) is 0 Å². The van der Waals surface area contributed by atoms with E-state index in [1.165, 1.54) is 6.07 Å². The van der Waals surface area contributed by atoms with E-state index in [4.69, 9.17) is 0 Å². The van der Waals surface area contributed by atoms with E-state index in [0.717, 1.165) is 0 Å². The molecule has 0 spiro atoms. The van der Waals surface area contributed by atoms with Gasteiger partial charge in [-0.25, -0.2) is 13.2 Å². The SMILES string of the molecule is CC(C)c1cc(=O)c2cc(F)c(F)c(F)c2[nH]1. The third-order valence-corrected chi connectivity index (χ3v) is 2.61. The van der Waals surface area contributed by atoms with Gasteiger partial charge in [0.05, 0.1) is 10.9 Å². The molecule has 0 atom stereocenters. The number of benzene rings is 1. The molecule has 1 aromatic carbocycles. The molecule has 0 unspecified atom stereocenters. The average Bonchev–Trinajstić information content (AvgIpc) is 2.27. The summed E-state index contributed by atoms with van der Waals surface area (Å²) in [7, 11) is 0. The molecule has 0 aliphatic heterocycles. The third-order valence-electron chi connectivity index (χ3n) is 2.61. The molecule has 1 N–H and O–H groups in total. The maximum Gasteiger partial charge on any atom is 0.196 e. The van der Waals surface area contributed by atoms with Crippen molar-refractivity contribution in [3.8, 4) is 0 Å². The van der Waals surface area contributed by atoms with Crippen LogP contribution in [-0.2, 0) is 0 Å². The van der Waals surface area contributed by atoms with Crippen molar-refractivity contribution >= 4 is 10.9 Å². The minimum absolute atomic E-state index is 0.0420. The smallest absolute Gasteiger partial charge is 0.196 e. The highest BCUT2D eigenvalue weighted by Gasteiger charge is 2.16. The highest BCUT2D eigenvalue weighted by molar-refractivity contribution is 5.79. The molecule has 0 amide bonds. The molecule has 0 bridgehead atoms. The fourth-order valence-electron chi connectivity index (χ4n) is 1.62. The zero-order valence-corrected chi connectivity index (χ0v) is 9.27. The Morgan fingerprint density at radius 2 is 1.76 bits per heavy atom. The second kappa shape index (κ2) is 3.91. The lowest BCUT2D eigenvalue weighted by atomic mass is 10.1. The van der Waals surface area contributed by atoms with Crippen LogP contribution in [0.1, 0.15) is 25.5 Å². The van der Waals surface area contributed by atoms with E-state index in [1.54, 1.807) is 13.8 Å². The number of nitrogens with one attached hydrogen (secondary N) is 1. The van der Waals surface area contributed by atoms with E-state index in [-0.39, 0.29) is 16.8 Å². The largest absolute Gasteiger partial charge is 0.355 e. The van der Waals surface area contributed by atoms with Crippen molar-refractivity contribution < 1.29 is 13.2 Å². The first-order valence-corrected chi connectivity index (χ1v) is 5.12. The standard InChI is InChI=1S/C12H10F3NO/c1-5(2)8-4-9(17)6-3-7(13)10(14)11(15)12(6)16-8/h3-5H,1-2H3,(H,16,17). The lowest BCUT2D eigenvalue weighted by Crippen LogP contribution is -2.09. The summed E-state index contributed by atoms with van der Waals surface area (Å²) in [6.07, 6.45) is 0. The van der Waals surface area contributed by atoms with Crippen molar-refractivity contribution in [1.82, 2.24) is 4.98 Å². The van der Waals surface area contributed by atoms with Crippen molar-refractivity contribution in [3.05, 3.63) is 45.5 Å². The Labute approximate surface area is 95.1 Å². The van der Waals surface area contributed by atoms with Crippen LogP contribution in [0.2, 0.25) is 0 Å². The Kier molecular flexibility index (Phi) is 2.69. The van der Waals surface area contributed by atoms with Gasteiger partial charge in [-0.2, -0.15) is 0 Å². The lowest BCUT2D eigenvalue weighted by Gasteiger charge is -2.08. The van der Waals surface area contributed by atoms with Gasteiger partial charge in [0.15, 0.2) is 22.9 Å². The van der Waals surface area contributed by atoms with Crippen LogP contribution in [0.15, 0.2) is 16.9 Å². The van der Waals surface area contributed by atoms with E-state index < -0.39 is 22.9 Å². The summed E-state index contributed by atoms with van der Waals surface area (Å²) >= 11 is 0. The van der Waals surface area contributed by atoms with Crippen LogP contribution < -0.4 is 5.43 Å². The number of fused-ring (bicyclic) bond motifs is 1. The molecule has 5 heteroatoms. The molecular formula is C12H10F3NO. The van der Waals surface area contributed by atoms with Gasteiger partial charge < -0.3 is 4.98 Å². The second-order valence-electron chi connectivity index (χ2n) is 4.15. The molecule has 1 aromatic heterocycles.